The summed E-state index contributed by atoms with van der Waals surface area (Å²) in [5.41, 5.74) is 0.913. The summed E-state index contributed by atoms with van der Waals surface area (Å²) < 4.78 is 1.07. The zero-order chi connectivity index (χ0) is 13.2. The topological polar surface area (TPSA) is 75.1 Å². The molecule has 2 aromatic heterocycles. The summed E-state index contributed by atoms with van der Waals surface area (Å²) in [6, 6.07) is 12.6. The van der Waals surface area contributed by atoms with Crippen LogP contribution in [0.1, 0.15) is 10.5 Å². The first kappa shape index (κ1) is 11.6. The molecule has 2 N–H and O–H groups in total. The molecule has 0 spiro atoms. The number of fused-ring (bicyclic) bond motifs is 1. The molecule has 5 nitrogen and oxygen atoms in total. The van der Waals surface area contributed by atoms with Crippen molar-refractivity contribution in [3.63, 3.8) is 0 Å². The third-order valence-electron chi connectivity index (χ3n) is 2.50. The molecule has 0 fully saturated rings. The maximum Gasteiger partial charge on any atom is 0.354 e. The first-order valence-electron chi connectivity index (χ1n) is 5.55. The minimum Gasteiger partial charge on any atom is -0.477 e. The second-order valence-corrected chi connectivity index (χ2v) is 4.86. The minimum absolute atomic E-state index is 0.00566. The van der Waals surface area contributed by atoms with Crippen molar-refractivity contribution >= 4 is 38.5 Å². The van der Waals surface area contributed by atoms with Crippen LogP contribution in [0.5, 0.6) is 0 Å². The molecule has 0 unspecified atom stereocenters. The number of rotatable bonds is 3. The highest BCUT2D eigenvalue weighted by Gasteiger charge is 2.07. The summed E-state index contributed by atoms with van der Waals surface area (Å²) in [5, 5.41) is 12.6. The van der Waals surface area contributed by atoms with Crippen molar-refractivity contribution < 1.29 is 9.90 Å². The molecule has 19 heavy (non-hydrogen) atoms. The SMILES string of the molecule is O=C(O)c1cccc(Nc2nc3ccccc3s2)n1. The molecule has 6 heteroatoms. The van der Waals surface area contributed by atoms with E-state index in [4.69, 9.17) is 5.11 Å². The number of hydrogen-bond acceptors (Lipinski definition) is 5. The van der Waals surface area contributed by atoms with Crippen LogP contribution in [0.4, 0.5) is 10.9 Å². The molecule has 94 valence electrons. The fourth-order valence-corrected chi connectivity index (χ4v) is 2.53. The van der Waals surface area contributed by atoms with Gasteiger partial charge in [-0.15, -0.1) is 0 Å². The zero-order valence-corrected chi connectivity index (χ0v) is 10.5. The fraction of sp³-hybridized carbons (Fsp3) is 0. The Kier molecular flexibility index (Phi) is 2.85. The number of carbonyl (C=O) groups is 1. The lowest BCUT2D eigenvalue weighted by Crippen LogP contribution is -2.02. The lowest BCUT2D eigenvalue weighted by molar-refractivity contribution is 0.0690. The number of carboxylic acids is 1. The van der Waals surface area contributed by atoms with Crippen molar-refractivity contribution in [3.8, 4) is 0 Å². The Hall–Kier alpha value is -2.47. The number of aromatic carboxylic acids is 1. The largest absolute Gasteiger partial charge is 0.477 e. The van der Waals surface area contributed by atoms with Gasteiger partial charge in [-0.2, -0.15) is 0 Å². The highest BCUT2D eigenvalue weighted by molar-refractivity contribution is 7.22. The van der Waals surface area contributed by atoms with E-state index in [9.17, 15) is 4.79 Å². The number of aromatic nitrogens is 2. The van der Waals surface area contributed by atoms with Gasteiger partial charge in [0.15, 0.2) is 10.8 Å². The predicted molar refractivity (Wildman–Crippen MR) is 74.1 cm³/mol. The molecular formula is C13H9N3O2S. The van der Waals surface area contributed by atoms with E-state index in [1.807, 2.05) is 24.3 Å². The number of anilines is 2. The molecule has 3 rings (SSSR count). The van der Waals surface area contributed by atoms with Gasteiger partial charge >= 0.3 is 5.97 Å². The van der Waals surface area contributed by atoms with E-state index >= 15 is 0 Å². The normalized spacial score (nSPS) is 10.5. The minimum atomic E-state index is -1.05. The van der Waals surface area contributed by atoms with Crippen LogP contribution in [0.15, 0.2) is 42.5 Å². The maximum absolute atomic E-state index is 10.8. The molecule has 0 saturated carbocycles. The number of para-hydroxylation sites is 1. The molecule has 0 aliphatic carbocycles. The van der Waals surface area contributed by atoms with Crippen molar-refractivity contribution in [1.82, 2.24) is 9.97 Å². The van der Waals surface area contributed by atoms with Crippen LogP contribution in [0.3, 0.4) is 0 Å². The van der Waals surface area contributed by atoms with Gasteiger partial charge in [0.05, 0.1) is 10.2 Å². The molecule has 2 heterocycles. The van der Waals surface area contributed by atoms with Gasteiger partial charge in [-0.25, -0.2) is 14.8 Å². The number of carboxylic acid groups (broad SMARTS) is 1. The van der Waals surface area contributed by atoms with Crippen LogP contribution in [0.2, 0.25) is 0 Å². The Morgan fingerprint density at radius 1 is 1.11 bits per heavy atom. The van der Waals surface area contributed by atoms with E-state index in [1.165, 1.54) is 17.4 Å². The smallest absolute Gasteiger partial charge is 0.354 e. The Morgan fingerprint density at radius 2 is 1.95 bits per heavy atom. The second kappa shape index (κ2) is 4.66. The lowest BCUT2D eigenvalue weighted by atomic mass is 10.3. The number of benzene rings is 1. The average molecular weight is 271 g/mol. The standard InChI is InChI=1S/C13H9N3O2S/c17-12(18)9-5-3-7-11(14-9)16-13-15-8-4-1-2-6-10(8)19-13/h1-7H,(H,17,18)(H,14,15,16). The summed E-state index contributed by atoms with van der Waals surface area (Å²) >= 11 is 1.50. The maximum atomic E-state index is 10.8. The molecule has 0 amide bonds. The van der Waals surface area contributed by atoms with Crippen molar-refractivity contribution in [1.29, 1.82) is 0 Å². The van der Waals surface area contributed by atoms with E-state index in [-0.39, 0.29) is 5.69 Å². The second-order valence-electron chi connectivity index (χ2n) is 3.82. The Morgan fingerprint density at radius 3 is 2.74 bits per heavy atom. The van der Waals surface area contributed by atoms with Crippen LogP contribution >= 0.6 is 11.3 Å². The Bertz CT molecular complexity index is 721. The van der Waals surface area contributed by atoms with Gasteiger partial charge in [0.25, 0.3) is 0 Å². The van der Waals surface area contributed by atoms with Crippen molar-refractivity contribution in [2.45, 2.75) is 0 Å². The third-order valence-corrected chi connectivity index (χ3v) is 3.45. The predicted octanol–water partition coefficient (Wildman–Crippen LogP) is 3.13. The van der Waals surface area contributed by atoms with Crippen molar-refractivity contribution in [2.24, 2.45) is 0 Å². The highest BCUT2D eigenvalue weighted by Crippen LogP contribution is 2.27. The van der Waals surface area contributed by atoms with E-state index in [0.717, 1.165) is 10.2 Å². The fourth-order valence-electron chi connectivity index (χ4n) is 1.66. The van der Waals surface area contributed by atoms with E-state index in [0.29, 0.717) is 10.9 Å². The lowest BCUT2D eigenvalue weighted by Gasteiger charge is -2.01. The molecular weight excluding hydrogens is 262 g/mol. The zero-order valence-electron chi connectivity index (χ0n) is 9.70. The van der Waals surface area contributed by atoms with Crippen molar-refractivity contribution in [2.75, 3.05) is 5.32 Å². The van der Waals surface area contributed by atoms with Crippen LogP contribution in [-0.4, -0.2) is 21.0 Å². The van der Waals surface area contributed by atoms with Gasteiger partial charge in [0, 0.05) is 0 Å². The highest BCUT2D eigenvalue weighted by atomic mass is 32.1. The third kappa shape index (κ3) is 2.38. The van der Waals surface area contributed by atoms with Gasteiger partial charge in [-0.1, -0.05) is 29.5 Å². The Labute approximate surface area is 112 Å². The molecule has 0 radical (unpaired) electrons. The van der Waals surface area contributed by atoms with Gasteiger partial charge in [-0.05, 0) is 24.3 Å². The van der Waals surface area contributed by atoms with Gasteiger partial charge in [0.2, 0.25) is 0 Å². The number of hydrogen-bond donors (Lipinski definition) is 2. The summed E-state index contributed by atoms with van der Waals surface area (Å²) in [7, 11) is 0. The molecule has 0 atom stereocenters. The summed E-state index contributed by atoms with van der Waals surface area (Å²) in [6.45, 7) is 0. The monoisotopic (exact) mass is 271 g/mol. The molecule has 3 aromatic rings. The van der Waals surface area contributed by atoms with Crippen molar-refractivity contribution in [3.05, 3.63) is 48.2 Å². The van der Waals surface area contributed by atoms with Crippen LogP contribution in [0.25, 0.3) is 10.2 Å². The number of thiazole rings is 1. The van der Waals surface area contributed by atoms with E-state index < -0.39 is 5.97 Å². The summed E-state index contributed by atoms with van der Waals surface area (Å²) in [4.78, 5) is 19.2. The average Bonchev–Trinajstić information content (AvgIpc) is 2.81. The summed E-state index contributed by atoms with van der Waals surface area (Å²) in [5.74, 6) is -0.577. The van der Waals surface area contributed by atoms with Gasteiger partial charge in [-0.3, -0.25) is 0 Å². The number of nitrogens with one attached hydrogen (secondary N) is 1. The number of pyridine rings is 1. The molecule has 0 aliphatic heterocycles. The number of nitrogens with zero attached hydrogens (tertiary/aromatic N) is 2. The molecule has 0 aliphatic rings. The first-order chi connectivity index (χ1) is 9.22. The van der Waals surface area contributed by atoms with Crippen LogP contribution in [0, 0.1) is 0 Å². The van der Waals surface area contributed by atoms with Gasteiger partial charge < -0.3 is 10.4 Å². The molecule has 0 saturated heterocycles. The molecule has 1 aromatic carbocycles. The van der Waals surface area contributed by atoms with Crippen LogP contribution in [-0.2, 0) is 0 Å². The Balaban J connectivity index is 1.92. The van der Waals surface area contributed by atoms with E-state index in [1.54, 1.807) is 12.1 Å². The van der Waals surface area contributed by atoms with E-state index in [2.05, 4.69) is 15.3 Å². The summed E-state index contributed by atoms with van der Waals surface area (Å²) in [6.07, 6.45) is 0. The molecule has 0 bridgehead atoms. The quantitative estimate of drug-likeness (QED) is 0.765. The van der Waals surface area contributed by atoms with Crippen LogP contribution < -0.4 is 5.32 Å². The first-order valence-corrected chi connectivity index (χ1v) is 6.37. The van der Waals surface area contributed by atoms with Gasteiger partial charge in [0.1, 0.15) is 5.82 Å².